The van der Waals surface area contributed by atoms with E-state index in [2.05, 4.69) is 37.4 Å². The fourth-order valence-corrected chi connectivity index (χ4v) is 5.29. The average Bonchev–Trinajstić information content (AvgIpc) is 2.40. The summed E-state index contributed by atoms with van der Waals surface area (Å²) < 4.78 is 0. The van der Waals surface area contributed by atoms with E-state index in [-0.39, 0.29) is 0 Å². The van der Waals surface area contributed by atoms with Gasteiger partial charge < -0.3 is 5.32 Å². The molecule has 1 saturated heterocycles. The molecule has 0 radical (unpaired) electrons. The lowest BCUT2D eigenvalue weighted by Gasteiger charge is -2.57. The highest BCUT2D eigenvalue weighted by molar-refractivity contribution is 5.45. The normalized spacial score (nSPS) is 40.4. The van der Waals surface area contributed by atoms with E-state index in [4.69, 9.17) is 0 Å². The van der Waals surface area contributed by atoms with Crippen molar-refractivity contribution in [2.45, 2.75) is 57.4 Å². The van der Waals surface area contributed by atoms with E-state index in [9.17, 15) is 0 Å². The molecule has 1 unspecified atom stereocenters. The van der Waals surface area contributed by atoms with Crippen molar-refractivity contribution in [3.05, 3.63) is 34.9 Å². The van der Waals surface area contributed by atoms with Gasteiger partial charge in [-0.1, -0.05) is 25.1 Å². The highest BCUT2D eigenvalue weighted by Gasteiger charge is 2.52. The lowest BCUT2D eigenvalue weighted by atomic mass is 9.51. The van der Waals surface area contributed by atoms with Gasteiger partial charge in [0.1, 0.15) is 0 Å². The van der Waals surface area contributed by atoms with E-state index in [1.54, 1.807) is 11.1 Å². The fraction of sp³-hybridized carbons (Fsp3) is 0.667. The molecule has 4 rings (SSSR count). The predicted octanol–water partition coefficient (Wildman–Crippen LogP) is 3.59. The summed E-state index contributed by atoms with van der Waals surface area (Å²) in [6.45, 7) is 5.98. The third-order valence-corrected chi connectivity index (χ3v) is 6.28. The largest absolute Gasteiger partial charge is 0.313 e. The minimum Gasteiger partial charge on any atom is -0.313 e. The van der Waals surface area contributed by atoms with Crippen molar-refractivity contribution in [2.24, 2.45) is 11.8 Å². The van der Waals surface area contributed by atoms with Crippen molar-refractivity contribution in [1.82, 2.24) is 5.32 Å². The molecular weight excluding hydrogens is 230 g/mol. The van der Waals surface area contributed by atoms with Gasteiger partial charge in [-0.15, -0.1) is 0 Å². The molecule has 1 saturated carbocycles. The summed E-state index contributed by atoms with van der Waals surface area (Å²) in [5.74, 6) is 1.81. The van der Waals surface area contributed by atoms with Crippen molar-refractivity contribution < 1.29 is 0 Å². The second-order valence-corrected chi connectivity index (χ2v) is 7.26. The van der Waals surface area contributed by atoms with Gasteiger partial charge in [0.25, 0.3) is 0 Å². The highest BCUT2D eigenvalue weighted by Crippen LogP contribution is 2.55. The first-order chi connectivity index (χ1) is 9.21. The Morgan fingerprint density at radius 1 is 1.26 bits per heavy atom. The fourth-order valence-electron chi connectivity index (χ4n) is 5.29. The van der Waals surface area contributed by atoms with Crippen LogP contribution in [0.2, 0.25) is 0 Å². The molecule has 1 aromatic carbocycles. The van der Waals surface area contributed by atoms with E-state index in [0.29, 0.717) is 5.41 Å². The van der Waals surface area contributed by atoms with Crippen LogP contribution >= 0.6 is 0 Å². The summed E-state index contributed by atoms with van der Waals surface area (Å²) in [6, 6.07) is 7.79. The third-order valence-electron chi connectivity index (χ3n) is 6.28. The van der Waals surface area contributed by atoms with Gasteiger partial charge >= 0.3 is 0 Å². The maximum absolute atomic E-state index is 3.83. The van der Waals surface area contributed by atoms with Crippen LogP contribution in [0.1, 0.15) is 49.3 Å². The number of fused-ring (bicyclic) bond motifs is 1. The second kappa shape index (κ2) is 4.09. The molecule has 19 heavy (non-hydrogen) atoms. The molecule has 0 spiro atoms. The van der Waals surface area contributed by atoms with Crippen LogP contribution in [0.3, 0.4) is 0 Å². The lowest BCUT2D eigenvalue weighted by Crippen LogP contribution is -2.60. The quantitative estimate of drug-likeness (QED) is 0.747. The van der Waals surface area contributed by atoms with Gasteiger partial charge in [0.15, 0.2) is 0 Å². The molecule has 1 aromatic rings. The van der Waals surface area contributed by atoms with Crippen LogP contribution < -0.4 is 5.32 Å². The number of hydrogen-bond donors (Lipinski definition) is 1. The Bertz CT molecular complexity index is 506. The van der Waals surface area contributed by atoms with Crippen LogP contribution in [0, 0.1) is 18.8 Å². The molecule has 4 atom stereocenters. The van der Waals surface area contributed by atoms with Crippen molar-refractivity contribution in [3.8, 4) is 0 Å². The molecule has 1 aliphatic heterocycles. The minimum absolute atomic E-state index is 0.516. The minimum atomic E-state index is 0.516. The summed E-state index contributed by atoms with van der Waals surface area (Å²) in [4.78, 5) is 0. The van der Waals surface area contributed by atoms with E-state index in [1.165, 1.54) is 44.2 Å². The number of piperidine rings is 1. The Morgan fingerprint density at radius 3 is 3.05 bits per heavy atom. The van der Waals surface area contributed by atoms with Gasteiger partial charge in [-0.25, -0.2) is 0 Å². The van der Waals surface area contributed by atoms with Crippen molar-refractivity contribution in [1.29, 1.82) is 0 Å². The molecule has 2 fully saturated rings. The Labute approximate surface area is 116 Å². The molecule has 1 heterocycles. The zero-order valence-electron chi connectivity index (χ0n) is 12.2. The standard InChI is InChI=1S/C18H25N/c1-12-6-7-18-8-9-19-17(16(18)10-12)11-14-13(2)4-3-5-15(14)18/h3-5,12,16-17,19H,6-11H2,1-2H3/t12?,16-,17-,18+/m1/s1. The molecule has 2 bridgehead atoms. The SMILES string of the molecule is Cc1cccc2c1C[C@H]1NCC[C@@]23CCC(C)C[C@H]13. The maximum atomic E-state index is 3.83. The number of aryl methyl sites for hydroxylation is 1. The van der Waals surface area contributed by atoms with Crippen LogP contribution in [-0.4, -0.2) is 12.6 Å². The van der Waals surface area contributed by atoms with Crippen LogP contribution in [0.5, 0.6) is 0 Å². The van der Waals surface area contributed by atoms with Gasteiger partial charge in [0, 0.05) is 11.5 Å². The molecule has 1 heteroatoms. The first-order valence-corrected chi connectivity index (χ1v) is 8.03. The third kappa shape index (κ3) is 1.57. The van der Waals surface area contributed by atoms with Crippen molar-refractivity contribution in [3.63, 3.8) is 0 Å². The van der Waals surface area contributed by atoms with Crippen molar-refractivity contribution >= 4 is 0 Å². The molecule has 102 valence electrons. The van der Waals surface area contributed by atoms with Gasteiger partial charge in [-0.3, -0.25) is 0 Å². The maximum Gasteiger partial charge on any atom is 0.0145 e. The van der Waals surface area contributed by atoms with Crippen LogP contribution in [0.15, 0.2) is 18.2 Å². The number of benzene rings is 1. The molecule has 1 nitrogen and oxygen atoms in total. The smallest absolute Gasteiger partial charge is 0.0145 e. The Morgan fingerprint density at radius 2 is 2.16 bits per heavy atom. The zero-order chi connectivity index (χ0) is 13.0. The molecule has 3 aliphatic rings. The number of hydrogen-bond acceptors (Lipinski definition) is 1. The van der Waals surface area contributed by atoms with E-state index < -0.39 is 0 Å². The summed E-state index contributed by atoms with van der Waals surface area (Å²) in [7, 11) is 0. The van der Waals surface area contributed by atoms with E-state index >= 15 is 0 Å². The second-order valence-electron chi connectivity index (χ2n) is 7.26. The number of nitrogens with one attached hydrogen (secondary N) is 1. The highest BCUT2D eigenvalue weighted by atomic mass is 15.0. The van der Waals surface area contributed by atoms with Crippen molar-refractivity contribution in [2.75, 3.05) is 6.54 Å². The first-order valence-electron chi connectivity index (χ1n) is 8.03. The molecule has 0 amide bonds. The van der Waals surface area contributed by atoms with Gasteiger partial charge in [0.05, 0.1) is 0 Å². The Kier molecular flexibility index (Phi) is 2.57. The monoisotopic (exact) mass is 255 g/mol. The molecular formula is C18H25N. The van der Waals surface area contributed by atoms with Gasteiger partial charge in [-0.2, -0.15) is 0 Å². The zero-order valence-corrected chi connectivity index (χ0v) is 12.2. The van der Waals surface area contributed by atoms with E-state index in [0.717, 1.165) is 17.9 Å². The van der Waals surface area contributed by atoms with Crippen LogP contribution in [-0.2, 0) is 11.8 Å². The summed E-state index contributed by atoms with van der Waals surface area (Å²) in [5.41, 5.74) is 5.43. The van der Waals surface area contributed by atoms with Crippen LogP contribution in [0.25, 0.3) is 0 Å². The molecule has 0 aromatic heterocycles. The lowest BCUT2D eigenvalue weighted by molar-refractivity contribution is 0.0568. The van der Waals surface area contributed by atoms with Gasteiger partial charge in [-0.05, 0) is 74.1 Å². The average molecular weight is 255 g/mol. The summed E-state index contributed by atoms with van der Waals surface area (Å²) in [6.07, 6.45) is 6.91. The summed E-state index contributed by atoms with van der Waals surface area (Å²) in [5, 5.41) is 3.83. The first kappa shape index (κ1) is 12.0. The van der Waals surface area contributed by atoms with Gasteiger partial charge in [0.2, 0.25) is 0 Å². The number of rotatable bonds is 0. The predicted molar refractivity (Wildman–Crippen MR) is 79.5 cm³/mol. The van der Waals surface area contributed by atoms with Crippen LogP contribution in [0.4, 0.5) is 0 Å². The topological polar surface area (TPSA) is 12.0 Å². The molecule has 1 N–H and O–H groups in total. The van der Waals surface area contributed by atoms with E-state index in [1.807, 2.05) is 0 Å². The Hall–Kier alpha value is -0.820. The Balaban J connectivity index is 1.89. The summed E-state index contributed by atoms with van der Waals surface area (Å²) >= 11 is 0. The molecule has 2 aliphatic carbocycles.